The molecule has 0 N–H and O–H groups in total. The minimum Gasteiger partial charge on any atom is -0.385 e. The summed E-state index contributed by atoms with van der Waals surface area (Å²) in [7, 11) is 1.76. The highest BCUT2D eigenvalue weighted by Gasteiger charge is 1.94. The molecule has 10 heavy (non-hydrogen) atoms. The van der Waals surface area contributed by atoms with Crippen LogP contribution in [0.5, 0.6) is 0 Å². The standard InChI is InChI=1S/C8H17BrO/c1-8(9)6-4-3-5-7-10-2/h8H,3-7H2,1-2H3. The molecule has 2 heteroatoms. The number of alkyl halides is 1. The van der Waals surface area contributed by atoms with Gasteiger partial charge in [-0.1, -0.05) is 35.7 Å². The van der Waals surface area contributed by atoms with E-state index in [1.165, 1.54) is 25.7 Å². The topological polar surface area (TPSA) is 9.23 Å². The SMILES string of the molecule is COCCCCCC(C)Br. The Hall–Kier alpha value is 0.440. The van der Waals surface area contributed by atoms with E-state index in [-0.39, 0.29) is 0 Å². The summed E-state index contributed by atoms with van der Waals surface area (Å²) in [5, 5.41) is 0. The van der Waals surface area contributed by atoms with Gasteiger partial charge in [-0.3, -0.25) is 0 Å². The van der Waals surface area contributed by atoms with Crippen LogP contribution >= 0.6 is 15.9 Å². The Kier molecular flexibility index (Phi) is 7.88. The van der Waals surface area contributed by atoms with Crippen molar-refractivity contribution in [2.45, 2.75) is 37.4 Å². The highest BCUT2D eigenvalue weighted by Crippen LogP contribution is 2.09. The van der Waals surface area contributed by atoms with Crippen LogP contribution in [0.15, 0.2) is 0 Å². The molecule has 62 valence electrons. The first-order valence-corrected chi connectivity index (χ1v) is 4.82. The van der Waals surface area contributed by atoms with Crippen molar-refractivity contribution in [3.63, 3.8) is 0 Å². The molecule has 0 aromatic rings. The third-order valence-electron chi connectivity index (χ3n) is 1.45. The quantitative estimate of drug-likeness (QED) is 0.482. The predicted octanol–water partition coefficient (Wildman–Crippen LogP) is 2.98. The Morgan fingerprint density at radius 3 is 2.50 bits per heavy atom. The lowest BCUT2D eigenvalue weighted by Crippen LogP contribution is -1.92. The van der Waals surface area contributed by atoms with Gasteiger partial charge in [0.05, 0.1) is 0 Å². The zero-order valence-corrected chi connectivity index (χ0v) is 8.49. The van der Waals surface area contributed by atoms with Crippen LogP contribution in [-0.2, 0) is 4.74 Å². The molecule has 0 bridgehead atoms. The third-order valence-corrected chi connectivity index (χ3v) is 1.91. The first kappa shape index (κ1) is 10.4. The van der Waals surface area contributed by atoms with Gasteiger partial charge in [0.2, 0.25) is 0 Å². The second-order valence-electron chi connectivity index (χ2n) is 2.62. The Labute approximate surface area is 72.3 Å². The van der Waals surface area contributed by atoms with E-state index in [2.05, 4.69) is 22.9 Å². The summed E-state index contributed by atoms with van der Waals surface area (Å²) in [6.45, 7) is 3.10. The average molecular weight is 209 g/mol. The van der Waals surface area contributed by atoms with Crippen molar-refractivity contribution < 1.29 is 4.74 Å². The molecule has 0 aliphatic carbocycles. The molecule has 1 unspecified atom stereocenters. The van der Waals surface area contributed by atoms with Gasteiger partial charge < -0.3 is 4.74 Å². The van der Waals surface area contributed by atoms with Gasteiger partial charge in [0, 0.05) is 18.5 Å². The van der Waals surface area contributed by atoms with Crippen LogP contribution < -0.4 is 0 Å². The van der Waals surface area contributed by atoms with E-state index in [1.807, 2.05) is 0 Å². The maximum absolute atomic E-state index is 4.94. The summed E-state index contributed by atoms with van der Waals surface area (Å²) >= 11 is 3.51. The summed E-state index contributed by atoms with van der Waals surface area (Å²) < 4.78 is 4.94. The van der Waals surface area contributed by atoms with Crippen LogP contribution in [0, 0.1) is 0 Å². The van der Waals surface area contributed by atoms with E-state index in [0.29, 0.717) is 4.83 Å². The van der Waals surface area contributed by atoms with Crippen LogP contribution in [0.2, 0.25) is 0 Å². The first-order valence-electron chi connectivity index (χ1n) is 3.90. The second kappa shape index (κ2) is 7.55. The molecule has 0 amide bonds. The van der Waals surface area contributed by atoms with Crippen molar-refractivity contribution in [3.05, 3.63) is 0 Å². The molecule has 0 rings (SSSR count). The Balaban J connectivity index is 2.77. The van der Waals surface area contributed by atoms with Gasteiger partial charge in [-0.05, 0) is 12.8 Å². The largest absolute Gasteiger partial charge is 0.385 e. The number of unbranched alkanes of at least 4 members (excludes halogenated alkanes) is 2. The summed E-state index contributed by atoms with van der Waals surface area (Å²) in [4.78, 5) is 0.676. The molecule has 1 nitrogen and oxygen atoms in total. The number of ether oxygens (including phenoxy) is 1. The third kappa shape index (κ3) is 8.44. The first-order chi connectivity index (χ1) is 4.77. The molecule has 0 saturated carbocycles. The van der Waals surface area contributed by atoms with Crippen molar-refractivity contribution in [2.24, 2.45) is 0 Å². The number of hydrogen-bond donors (Lipinski definition) is 0. The normalized spacial score (nSPS) is 13.5. The zero-order valence-electron chi connectivity index (χ0n) is 6.90. The van der Waals surface area contributed by atoms with Gasteiger partial charge in [-0.15, -0.1) is 0 Å². The van der Waals surface area contributed by atoms with Crippen LogP contribution in [0.25, 0.3) is 0 Å². The zero-order chi connectivity index (χ0) is 7.82. The Bertz CT molecular complexity index is 64.3. The van der Waals surface area contributed by atoms with Crippen LogP contribution in [0.1, 0.15) is 32.6 Å². The Morgan fingerprint density at radius 2 is 2.00 bits per heavy atom. The molecule has 0 radical (unpaired) electrons. The van der Waals surface area contributed by atoms with Gasteiger partial charge in [0.25, 0.3) is 0 Å². The molecule has 0 aliphatic heterocycles. The molecule has 0 spiro atoms. The van der Waals surface area contributed by atoms with Gasteiger partial charge in [0.1, 0.15) is 0 Å². The van der Waals surface area contributed by atoms with Gasteiger partial charge in [-0.2, -0.15) is 0 Å². The summed E-state index contributed by atoms with van der Waals surface area (Å²) in [5.74, 6) is 0. The van der Waals surface area contributed by atoms with Crippen LogP contribution in [0.4, 0.5) is 0 Å². The van der Waals surface area contributed by atoms with E-state index < -0.39 is 0 Å². The van der Waals surface area contributed by atoms with E-state index in [9.17, 15) is 0 Å². The summed E-state index contributed by atoms with van der Waals surface area (Å²) in [6.07, 6.45) is 5.10. The van der Waals surface area contributed by atoms with E-state index in [4.69, 9.17) is 4.74 Å². The molecule has 0 aliphatic rings. The molecule has 0 saturated heterocycles. The molecule has 0 aromatic heterocycles. The van der Waals surface area contributed by atoms with E-state index in [1.54, 1.807) is 7.11 Å². The fraction of sp³-hybridized carbons (Fsp3) is 1.00. The lowest BCUT2D eigenvalue weighted by molar-refractivity contribution is 0.192. The molecule has 0 fully saturated rings. The van der Waals surface area contributed by atoms with Gasteiger partial charge in [-0.25, -0.2) is 0 Å². The number of methoxy groups -OCH3 is 1. The lowest BCUT2D eigenvalue weighted by atomic mass is 10.2. The van der Waals surface area contributed by atoms with Crippen molar-refractivity contribution in [1.82, 2.24) is 0 Å². The summed E-state index contributed by atoms with van der Waals surface area (Å²) in [5.41, 5.74) is 0. The summed E-state index contributed by atoms with van der Waals surface area (Å²) in [6, 6.07) is 0. The van der Waals surface area contributed by atoms with E-state index in [0.717, 1.165) is 6.61 Å². The predicted molar refractivity (Wildman–Crippen MR) is 48.7 cm³/mol. The number of rotatable bonds is 6. The monoisotopic (exact) mass is 208 g/mol. The maximum Gasteiger partial charge on any atom is 0.0462 e. The van der Waals surface area contributed by atoms with Crippen molar-refractivity contribution in [1.29, 1.82) is 0 Å². The van der Waals surface area contributed by atoms with Crippen molar-refractivity contribution in [2.75, 3.05) is 13.7 Å². The number of hydrogen-bond acceptors (Lipinski definition) is 1. The molecule has 1 atom stereocenters. The Morgan fingerprint density at radius 1 is 1.30 bits per heavy atom. The van der Waals surface area contributed by atoms with E-state index >= 15 is 0 Å². The van der Waals surface area contributed by atoms with Crippen molar-refractivity contribution >= 4 is 15.9 Å². The fourth-order valence-electron chi connectivity index (χ4n) is 0.849. The molecule has 0 heterocycles. The molecular formula is C8H17BrO. The number of halogens is 1. The fourth-order valence-corrected chi connectivity index (χ4v) is 1.17. The van der Waals surface area contributed by atoms with Crippen LogP contribution in [0.3, 0.4) is 0 Å². The van der Waals surface area contributed by atoms with Gasteiger partial charge >= 0.3 is 0 Å². The highest BCUT2D eigenvalue weighted by molar-refractivity contribution is 9.09. The average Bonchev–Trinajstić information content (AvgIpc) is 1.87. The van der Waals surface area contributed by atoms with Crippen molar-refractivity contribution in [3.8, 4) is 0 Å². The lowest BCUT2D eigenvalue weighted by Gasteiger charge is -2.01. The smallest absolute Gasteiger partial charge is 0.0462 e. The molecule has 0 aromatic carbocycles. The van der Waals surface area contributed by atoms with Gasteiger partial charge in [0.15, 0.2) is 0 Å². The maximum atomic E-state index is 4.94. The minimum absolute atomic E-state index is 0.676. The van der Waals surface area contributed by atoms with Crippen LogP contribution in [-0.4, -0.2) is 18.5 Å². The molecular weight excluding hydrogens is 192 g/mol. The second-order valence-corrected chi connectivity index (χ2v) is 4.19. The minimum atomic E-state index is 0.676. The highest BCUT2D eigenvalue weighted by atomic mass is 79.9.